The van der Waals surface area contributed by atoms with Gasteiger partial charge in [-0.2, -0.15) is 5.10 Å². The van der Waals surface area contributed by atoms with Crippen LogP contribution in [0.5, 0.6) is 17.2 Å². The molecule has 0 fully saturated rings. The molecule has 0 saturated heterocycles. The summed E-state index contributed by atoms with van der Waals surface area (Å²) in [5.74, 6) is 2.37. The molecule has 0 saturated carbocycles. The lowest BCUT2D eigenvalue weighted by Gasteiger charge is -2.38. The number of rotatable bonds is 4. The van der Waals surface area contributed by atoms with Gasteiger partial charge >= 0.3 is 0 Å². The predicted molar refractivity (Wildman–Crippen MR) is 119 cm³/mol. The number of hydrazone groups is 1. The fourth-order valence-corrected chi connectivity index (χ4v) is 4.35. The Balaban J connectivity index is 1.62. The number of halogens is 1. The van der Waals surface area contributed by atoms with Gasteiger partial charge in [0, 0.05) is 16.5 Å². The Morgan fingerprint density at radius 1 is 0.967 bits per heavy atom. The zero-order valence-electron chi connectivity index (χ0n) is 16.7. The zero-order chi connectivity index (χ0) is 20.7. The minimum Gasteiger partial charge on any atom is -0.497 e. The van der Waals surface area contributed by atoms with E-state index in [0.717, 1.165) is 50.5 Å². The number of benzene rings is 3. The Labute approximate surface area is 184 Å². The first-order valence-electron chi connectivity index (χ1n) is 9.77. The second-order valence-electron chi connectivity index (χ2n) is 7.27. The second-order valence-corrected chi connectivity index (χ2v) is 8.19. The Bertz CT molecular complexity index is 1110. The molecule has 0 radical (unpaired) electrons. The highest BCUT2D eigenvalue weighted by molar-refractivity contribution is 9.10. The summed E-state index contributed by atoms with van der Waals surface area (Å²) >= 11 is 3.51. The second kappa shape index (κ2) is 7.69. The van der Waals surface area contributed by atoms with E-state index >= 15 is 0 Å². The molecular formula is C24H21BrN2O3. The third-order valence-electron chi connectivity index (χ3n) is 5.58. The van der Waals surface area contributed by atoms with Crippen molar-refractivity contribution in [1.82, 2.24) is 5.01 Å². The third kappa shape index (κ3) is 3.21. The van der Waals surface area contributed by atoms with Crippen LogP contribution >= 0.6 is 15.9 Å². The molecule has 5 nitrogen and oxygen atoms in total. The number of nitrogens with zero attached hydrogens (tertiary/aromatic N) is 2. The molecule has 0 bridgehead atoms. The number of ether oxygens (including phenoxy) is 3. The first-order valence-corrected chi connectivity index (χ1v) is 10.6. The molecule has 0 spiro atoms. The molecule has 2 aliphatic heterocycles. The van der Waals surface area contributed by atoms with Crippen LogP contribution in [0.2, 0.25) is 0 Å². The van der Waals surface area contributed by atoms with Gasteiger partial charge in [0.05, 0.1) is 31.5 Å². The molecule has 0 N–H and O–H groups in total. The van der Waals surface area contributed by atoms with Crippen LogP contribution in [0, 0.1) is 0 Å². The van der Waals surface area contributed by atoms with E-state index in [2.05, 4.69) is 39.1 Å². The Morgan fingerprint density at radius 3 is 2.53 bits per heavy atom. The van der Waals surface area contributed by atoms with E-state index in [0.29, 0.717) is 0 Å². The largest absolute Gasteiger partial charge is 0.497 e. The van der Waals surface area contributed by atoms with E-state index < -0.39 is 6.23 Å². The average molecular weight is 465 g/mol. The van der Waals surface area contributed by atoms with E-state index in [4.69, 9.17) is 19.3 Å². The number of para-hydroxylation sites is 1. The van der Waals surface area contributed by atoms with Crippen molar-refractivity contribution in [2.75, 3.05) is 14.2 Å². The highest BCUT2D eigenvalue weighted by Crippen LogP contribution is 2.49. The van der Waals surface area contributed by atoms with E-state index in [-0.39, 0.29) is 6.04 Å². The summed E-state index contributed by atoms with van der Waals surface area (Å²) in [7, 11) is 3.32. The molecule has 2 heterocycles. The highest BCUT2D eigenvalue weighted by atomic mass is 79.9. The van der Waals surface area contributed by atoms with Gasteiger partial charge in [0.1, 0.15) is 17.2 Å². The summed E-state index contributed by atoms with van der Waals surface area (Å²) in [5.41, 5.74) is 4.18. The van der Waals surface area contributed by atoms with Crippen molar-refractivity contribution in [2.24, 2.45) is 5.10 Å². The molecule has 152 valence electrons. The number of hydrogen-bond donors (Lipinski definition) is 0. The minimum atomic E-state index is -0.414. The number of hydrogen-bond acceptors (Lipinski definition) is 5. The van der Waals surface area contributed by atoms with Crippen LogP contribution < -0.4 is 14.2 Å². The van der Waals surface area contributed by atoms with Gasteiger partial charge in [-0.05, 0) is 42.0 Å². The molecular weight excluding hydrogens is 444 g/mol. The Morgan fingerprint density at radius 2 is 1.77 bits per heavy atom. The first kappa shape index (κ1) is 19.0. The lowest BCUT2D eigenvalue weighted by Crippen LogP contribution is -2.33. The van der Waals surface area contributed by atoms with Gasteiger partial charge < -0.3 is 14.2 Å². The normalized spacial score (nSPS) is 19.4. The maximum atomic E-state index is 6.45. The lowest BCUT2D eigenvalue weighted by atomic mass is 9.96. The maximum absolute atomic E-state index is 6.45. The smallest absolute Gasteiger partial charge is 0.217 e. The predicted octanol–water partition coefficient (Wildman–Crippen LogP) is 5.71. The summed E-state index contributed by atoms with van der Waals surface area (Å²) < 4.78 is 18.6. The van der Waals surface area contributed by atoms with E-state index in [1.807, 2.05) is 48.5 Å². The van der Waals surface area contributed by atoms with Gasteiger partial charge in [-0.25, -0.2) is 5.01 Å². The Kier molecular flexibility index (Phi) is 4.87. The van der Waals surface area contributed by atoms with Crippen molar-refractivity contribution in [3.63, 3.8) is 0 Å². The van der Waals surface area contributed by atoms with E-state index in [9.17, 15) is 0 Å². The molecule has 0 amide bonds. The molecule has 0 aromatic heterocycles. The highest BCUT2D eigenvalue weighted by Gasteiger charge is 2.42. The molecule has 30 heavy (non-hydrogen) atoms. The Hall–Kier alpha value is -2.99. The summed E-state index contributed by atoms with van der Waals surface area (Å²) in [5, 5.41) is 7.06. The fraction of sp³-hybridized carbons (Fsp3) is 0.208. The summed E-state index contributed by atoms with van der Waals surface area (Å²) in [6.45, 7) is 0. The van der Waals surface area contributed by atoms with E-state index in [1.165, 1.54) is 0 Å². The van der Waals surface area contributed by atoms with Crippen molar-refractivity contribution < 1.29 is 14.2 Å². The topological polar surface area (TPSA) is 43.3 Å². The average Bonchev–Trinajstić information content (AvgIpc) is 3.24. The molecule has 3 aromatic rings. The summed E-state index contributed by atoms with van der Waals surface area (Å²) in [6, 6.07) is 22.3. The number of fused-ring (bicyclic) bond motifs is 3. The van der Waals surface area contributed by atoms with Crippen LogP contribution in [0.3, 0.4) is 0 Å². The summed E-state index contributed by atoms with van der Waals surface area (Å²) in [4.78, 5) is 0. The SMILES string of the molecule is COc1ccc(OC)c([C@H]2Oc3ccccc3[C@H]3CC(c4ccc(Br)cc4)=NN32)c1. The van der Waals surface area contributed by atoms with Crippen molar-refractivity contribution in [2.45, 2.75) is 18.7 Å². The molecule has 2 aliphatic rings. The van der Waals surface area contributed by atoms with Gasteiger partial charge in [-0.1, -0.05) is 46.3 Å². The molecule has 5 rings (SSSR count). The monoisotopic (exact) mass is 464 g/mol. The molecule has 6 heteroatoms. The van der Waals surface area contributed by atoms with Crippen molar-refractivity contribution in [3.8, 4) is 17.2 Å². The van der Waals surface area contributed by atoms with Crippen molar-refractivity contribution >= 4 is 21.6 Å². The van der Waals surface area contributed by atoms with Crippen LogP contribution in [-0.4, -0.2) is 24.9 Å². The molecule has 2 atom stereocenters. The standard InChI is InChI=1S/C24H21BrN2O3/c1-28-17-11-12-22(29-2)19(13-17)24-27-21(18-5-3-4-6-23(18)30-24)14-20(26-27)15-7-9-16(25)10-8-15/h3-13,21,24H,14H2,1-2H3/t21-,24-/m1/s1. The summed E-state index contributed by atoms with van der Waals surface area (Å²) in [6.07, 6.45) is 0.396. The minimum absolute atomic E-state index is 0.0921. The number of methoxy groups -OCH3 is 2. The van der Waals surface area contributed by atoms with Crippen molar-refractivity contribution in [3.05, 3.63) is 87.9 Å². The van der Waals surface area contributed by atoms with Gasteiger partial charge in [0.25, 0.3) is 0 Å². The van der Waals surface area contributed by atoms with Crippen LogP contribution in [0.15, 0.2) is 76.3 Å². The van der Waals surface area contributed by atoms with Gasteiger partial charge in [-0.3, -0.25) is 0 Å². The van der Waals surface area contributed by atoms with E-state index in [1.54, 1.807) is 14.2 Å². The molecule has 3 aromatic carbocycles. The van der Waals surface area contributed by atoms with Gasteiger partial charge in [0.15, 0.2) is 0 Å². The molecule has 0 unspecified atom stereocenters. The van der Waals surface area contributed by atoms with Crippen LogP contribution in [-0.2, 0) is 0 Å². The maximum Gasteiger partial charge on any atom is 0.217 e. The third-order valence-corrected chi connectivity index (χ3v) is 6.11. The van der Waals surface area contributed by atoms with Gasteiger partial charge in [-0.15, -0.1) is 0 Å². The van der Waals surface area contributed by atoms with Crippen molar-refractivity contribution in [1.29, 1.82) is 0 Å². The van der Waals surface area contributed by atoms with Crippen LogP contribution in [0.4, 0.5) is 0 Å². The van der Waals surface area contributed by atoms with Crippen LogP contribution in [0.1, 0.15) is 35.4 Å². The van der Waals surface area contributed by atoms with Crippen LogP contribution in [0.25, 0.3) is 0 Å². The lowest BCUT2D eigenvalue weighted by molar-refractivity contribution is -0.0204. The van der Waals surface area contributed by atoms with Gasteiger partial charge in [0.2, 0.25) is 6.23 Å². The fourth-order valence-electron chi connectivity index (χ4n) is 4.09. The first-order chi connectivity index (χ1) is 14.7. The molecule has 0 aliphatic carbocycles. The zero-order valence-corrected chi connectivity index (χ0v) is 18.3. The quantitative estimate of drug-likeness (QED) is 0.495.